The third-order valence-electron chi connectivity index (χ3n) is 7.02. The molecule has 1 unspecified atom stereocenters. The maximum absolute atomic E-state index is 13.1. The second-order valence-corrected chi connectivity index (χ2v) is 12.3. The van der Waals surface area contributed by atoms with Crippen LogP contribution in [0.4, 0.5) is 0 Å². The van der Waals surface area contributed by atoms with Crippen molar-refractivity contribution in [1.82, 2.24) is 14.2 Å². The van der Waals surface area contributed by atoms with Gasteiger partial charge in [0, 0.05) is 50.1 Å². The van der Waals surface area contributed by atoms with E-state index in [4.69, 9.17) is 9.47 Å². The number of carbonyl (C=O) groups is 1. The standard InChI is InChI=1S/C26H31N3O5S2/c1-18-5-3-4-14-29(18)36(31,32)22-9-6-19(7-10-22)25(30)28-15-12-20(13-16-28)34-26-27-23-17-21(33-2)8-11-24(23)35-26/h6-11,17-18,20H,3-5,12-16H2,1-2H3. The molecule has 2 aliphatic heterocycles. The number of thiazole rings is 1. The molecule has 2 aromatic carbocycles. The normalized spacial score (nSPS) is 19.9. The summed E-state index contributed by atoms with van der Waals surface area (Å²) in [7, 11) is -1.92. The van der Waals surface area contributed by atoms with Crippen LogP contribution in [0, 0.1) is 0 Å². The number of sulfonamides is 1. The lowest BCUT2D eigenvalue weighted by molar-refractivity contribution is 0.0595. The van der Waals surface area contributed by atoms with E-state index in [-0.39, 0.29) is 22.9 Å². The molecule has 2 aliphatic rings. The van der Waals surface area contributed by atoms with E-state index in [0.717, 1.165) is 35.2 Å². The van der Waals surface area contributed by atoms with Crippen LogP contribution in [0.5, 0.6) is 10.9 Å². The van der Waals surface area contributed by atoms with Crippen LogP contribution < -0.4 is 9.47 Å². The molecule has 0 spiro atoms. The van der Waals surface area contributed by atoms with Crippen molar-refractivity contribution < 1.29 is 22.7 Å². The van der Waals surface area contributed by atoms with Crippen molar-refractivity contribution in [2.24, 2.45) is 0 Å². The molecule has 0 N–H and O–H groups in total. The van der Waals surface area contributed by atoms with Crippen LogP contribution in [-0.4, -0.2) is 67.4 Å². The van der Waals surface area contributed by atoms with Gasteiger partial charge in [0.15, 0.2) is 0 Å². The SMILES string of the molecule is COc1ccc2sc(OC3CCN(C(=O)c4ccc(S(=O)(=O)N5CCCCC5C)cc4)CC3)nc2c1. The molecule has 1 aromatic heterocycles. The van der Waals surface area contributed by atoms with Crippen molar-refractivity contribution in [3.63, 3.8) is 0 Å². The minimum atomic E-state index is -3.55. The van der Waals surface area contributed by atoms with E-state index in [1.54, 1.807) is 40.6 Å². The first-order valence-electron chi connectivity index (χ1n) is 12.4. The number of aromatic nitrogens is 1. The Morgan fingerprint density at radius 2 is 1.78 bits per heavy atom. The Morgan fingerprint density at radius 1 is 1.03 bits per heavy atom. The van der Waals surface area contributed by atoms with Crippen molar-refractivity contribution in [2.45, 2.75) is 56.1 Å². The molecule has 8 nitrogen and oxygen atoms in total. The molecule has 0 bridgehead atoms. The van der Waals surface area contributed by atoms with Gasteiger partial charge in [0.2, 0.25) is 10.0 Å². The Bertz CT molecular complexity index is 1330. The van der Waals surface area contributed by atoms with Crippen LogP contribution in [0.25, 0.3) is 10.2 Å². The van der Waals surface area contributed by atoms with Gasteiger partial charge in [-0.1, -0.05) is 17.8 Å². The number of likely N-dealkylation sites (tertiary alicyclic amines) is 1. The highest BCUT2D eigenvalue weighted by molar-refractivity contribution is 7.89. The maximum atomic E-state index is 13.1. The molecule has 10 heteroatoms. The first-order chi connectivity index (χ1) is 17.3. The second kappa shape index (κ2) is 10.4. The molecular weight excluding hydrogens is 498 g/mol. The number of benzene rings is 2. The summed E-state index contributed by atoms with van der Waals surface area (Å²) in [5.41, 5.74) is 1.35. The minimum absolute atomic E-state index is 0.000773. The molecule has 2 fully saturated rings. The van der Waals surface area contributed by atoms with E-state index in [9.17, 15) is 13.2 Å². The fourth-order valence-corrected chi connectivity index (χ4v) is 7.46. The Hall–Kier alpha value is -2.69. The number of ether oxygens (including phenoxy) is 2. The zero-order valence-corrected chi connectivity index (χ0v) is 22.2. The van der Waals surface area contributed by atoms with Crippen molar-refractivity contribution in [2.75, 3.05) is 26.7 Å². The average molecular weight is 530 g/mol. The first-order valence-corrected chi connectivity index (χ1v) is 14.6. The number of fused-ring (bicyclic) bond motifs is 1. The van der Waals surface area contributed by atoms with E-state index < -0.39 is 10.0 Å². The minimum Gasteiger partial charge on any atom is -0.497 e. The molecule has 36 heavy (non-hydrogen) atoms. The molecule has 192 valence electrons. The topological polar surface area (TPSA) is 89.0 Å². The van der Waals surface area contributed by atoms with E-state index >= 15 is 0 Å². The van der Waals surface area contributed by atoms with Crippen LogP contribution in [0.3, 0.4) is 0 Å². The zero-order valence-electron chi connectivity index (χ0n) is 20.6. The molecule has 3 heterocycles. The smallest absolute Gasteiger partial charge is 0.274 e. The largest absolute Gasteiger partial charge is 0.497 e. The summed E-state index contributed by atoms with van der Waals surface area (Å²) >= 11 is 1.51. The molecule has 3 aromatic rings. The van der Waals surface area contributed by atoms with Gasteiger partial charge in [0.1, 0.15) is 11.9 Å². The molecule has 1 atom stereocenters. The molecule has 0 saturated carbocycles. The highest BCUT2D eigenvalue weighted by atomic mass is 32.2. The zero-order chi connectivity index (χ0) is 25.3. The van der Waals surface area contributed by atoms with Gasteiger partial charge in [-0.3, -0.25) is 4.79 Å². The predicted octanol–water partition coefficient (Wildman–Crippen LogP) is 4.55. The summed E-state index contributed by atoms with van der Waals surface area (Å²) in [5, 5.41) is 0.628. The molecule has 0 radical (unpaired) electrons. The number of methoxy groups -OCH3 is 1. The number of amides is 1. The number of carbonyl (C=O) groups excluding carboxylic acids is 1. The predicted molar refractivity (Wildman–Crippen MR) is 139 cm³/mol. The third kappa shape index (κ3) is 5.07. The van der Waals surface area contributed by atoms with Crippen LogP contribution >= 0.6 is 11.3 Å². The fraction of sp³-hybridized carbons (Fsp3) is 0.462. The summed E-state index contributed by atoms with van der Waals surface area (Å²) in [5.74, 6) is 0.675. The van der Waals surface area contributed by atoms with Gasteiger partial charge in [0.05, 0.1) is 22.2 Å². The Kier molecular flexibility index (Phi) is 7.18. The van der Waals surface area contributed by atoms with Gasteiger partial charge in [-0.05, 0) is 56.2 Å². The second-order valence-electron chi connectivity index (χ2n) is 9.41. The fourth-order valence-electron chi connectivity index (χ4n) is 4.90. The Labute approximate surface area is 215 Å². The summed E-state index contributed by atoms with van der Waals surface area (Å²) in [6.07, 6.45) is 4.24. The van der Waals surface area contributed by atoms with Gasteiger partial charge in [-0.2, -0.15) is 4.31 Å². The van der Waals surface area contributed by atoms with Gasteiger partial charge >= 0.3 is 0 Å². The Balaban J connectivity index is 1.18. The van der Waals surface area contributed by atoms with Gasteiger partial charge < -0.3 is 14.4 Å². The highest BCUT2D eigenvalue weighted by Gasteiger charge is 2.31. The number of hydrogen-bond acceptors (Lipinski definition) is 7. The van der Waals surface area contributed by atoms with Crippen molar-refractivity contribution >= 4 is 37.5 Å². The number of piperidine rings is 2. The lowest BCUT2D eigenvalue weighted by Crippen LogP contribution is -2.42. The van der Waals surface area contributed by atoms with Gasteiger partial charge in [-0.15, -0.1) is 0 Å². The molecule has 5 rings (SSSR count). The van der Waals surface area contributed by atoms with Crippen molar-refractivity contribution in [3.8, 4) is 10.9 Å². The summed E-state index contributed by atoms with van der Waals surface area (Å²) in [6.45, 7) is 3.66. The van der Waals surface area contributed by atoms with Crippen LogP contribution in [-0.2, 0) is 10.0 Å². The average Bonchev–Trinajstić information content (AvgIpc) is 3.30. The quantitative estimate of drug-likeness (QED) is 0.465. The van der Waals surface area contributed by atoms with Crippen LogP contribution in [0.15, 0.2) is 47.4 Å². The van der Waals surface area contributed by atoms with Crippen molar-refractivity contribution in [1.29, 1.82) is 0 Å². The van der Waals surface area contributed by atoms with Crippen LogP contribution in [0.2, 0.25) is 0 Å². The number of rotatable bonds is 6. The lowest BCUT2D eigenvalue weighted by atomic mass is 10.1. The third-order valence-corrected chi connectivity index (χ3v) is 9.98. The maximum Gasteiger partial charge on any atom is 0.274 e. The molecule has 0 aliphatic carbocycles. The monoisotopic (exact) mass is 529 g/mol. The number of hydrogen-bond donors (Lipinski definition) is 0. The first kappa shape index (κ1) is 25.0. The summed E-state index contributed by atoms with van der Waals surface area (Å²) in [4.78, 5) is 19.7. The highest BCUT2D eigenvalue weighted by Crippen LogP contribution is 2.32. The van der Waals surface area contributed by atoms with E-state index in [1.807, 2.05) is 25.1 Å². The van der Waals surface area contributed by atoms with Gasteiger partial charge in [0.25, 0.3) is 11.1 Å². The number of nitrogens with zero attached hydrogens (tertiary/aromatic N) is 3. The molecule has 2 saturated heterocycles. The molecular formula is C26H31N3O5S2. The van der Waals surface area contributed by atoms with Gasteiger partial charge in [-0.25, -0.2) is 13.4 Å². The van der Waals surface area contributed by atoms with E-state index in [1.165, 1.54) is 11.3 Å². The lowest BCUT2D eigenvalue weighted by Gasteiger charge is -2.32. The molecule has 1 amide bonds. The Morgan fingerprint density at radius 3 is 2.47 bits per heavy atom. The van der Waals surface area contributed by atoms with E-state index in [0.29, 0.717) is 43.2 Å². The van der Waals surface area contributed by atoms with Crippen molar-refractivity contribution in [3.05, 3.63) is 48.0 Å². The summed E-state index contributed by atoms with van der Waals surface area (Å²) in [6, 6.07) is 12.1. The van der Waals surface area contributed by atoms with Crippen LogP contribution in [0.1, 0.15) is 49.4 Å². The van der Waals surface area contributed by atoms with E-state index in [2.05, 4.69) is 4.98 Å². The summed E-state index contributed by atoms with van der Waals surface area (Å²) < 4.78 is 40.1.